The second kappa shape index (κ2) is 10.2. The molecule has 2 aromatic rings. The number of carbonyl (C=O) groups is 2. The van der Waals surface area contributed by atoms with Gasteiger partial charge in [0.2, 0.25) is 5.91 Å². The molecule has 0 bridgehead atoms. The molecule has 0 saturated heterocycles. The molecule has 2 aromatic carbocycles. The van der Waals surface area contributed by atoms with Crippen LogP contribution in [0.4, 0.5) is 10.1 Å². The van der Waals surface area contributed by atoms with E-state index in [4.69, 9.17) is 0 Å². The fraction of sp³-hybridized carbons (Fsp3) is 0.385. The molecule has 0 unspecified atom stereocenters. The summed E-state index contributed by atoms with van der Waals surface area (Å²) in [5.74, 6) is -1.43. The van der Waals surface area contributed by atoms with Crippen LogP contribution in [0.25, 0.3) is 0 Å². The summed E-state index contributed by atoms with van der Waals surface area (Å²) in [5.41, 5.74) is 3.33. The van der Waals surface area contributed by atoms with E-state index in [0.29, 0.717) is 31.6 Å². The molecule has 1 aliphatic heterocycles. The molecule has 0 aromatic heterocycles. The molecule has 1 aliphatic rings. The van der Waals surface area contributed by atoms with Gasteiger partial charge in [-0.1, -0.05) is 26.0 Å². The van der Waals surface area contributed by atoms with Gasteiger partial charge in [-0.3, -0.25) is 9.59 Å². The molecule has 0 spiro atoms. The second-order valence-electron chi connectivity index (χ2n) is 9.04. The highest BCUT2D eigenvalue weighted by molar-refractivity contribution is 6.01. The number of phenols is 1. The maximum atomic E-state index is 14.2. The molecule has 7 heteroatoms. The van der Waals surface area contributed by atoms with Crippen molar-refractivity contribution in [3.63, 3.8) is 0 Å². The van der Waals surface area contributed by atoms with Gasteiger partial charge in [-0.2, -0.15) is 0 Å². The predicted octanol–water partition coefficient (Wildman–Crippen LogP) is 3.93. The zero-order valence-corrected chi connectivity index (χ0v) is 19.9. The fourth-order valence-corrected chi connectivity index (χ4v) is 3.89. The summed E-state index contributed by atoms with van der Waals surface area (Å²) in [4.78, 5) is 30.9. The predicted molar refractivity (Wildman–Crippen MR) is 128 cm³/mol. The lowest BCUT2D eigenvalue weighted by Gasteiger charge is -2.30. The molecule has 0 radical (unpaired) electrons. The first kappa shape index (κ1) is 24.5. The molecule has 0 saturated carbocycles. The topological polar surface area (TPSA) is 64.1 Å². The van der Waals surface area contributed by atoms with Crippen molar-refractivity contribution >= 4 is 17.5 Å². The molecular weight excluding hydrogens is 421 g/mol. The summed E-state index contributed by atoms with van der Waals surface area (Å²) in [5, 5.41) is 10.2. The number of nitrogens with zero attached hydrogens (tertiary/aromatic N) is 3. The summed E-state index contributed by atoms with van der Waals surface area (Å²) >= 11 is 0. The summed E-state index contributed by atoms with van der Waals surface area (Å²) < 4.78 is 14.2. The molecule has 6 nitrogen and oxygen atoms in total. The van der Waals surface area contributed by atoms with Crippen LogP contribution in [0.3, 0.4) is 0 Å². The number of carbonyl (C=O) groups excluding carboxylic acids is 2. The van der Waals surface area contributed by atoms with Crippen LogP contribution in [-0.4, -0.2) is 61.0 Å². The van der Waals surface area contributed by atoms with Crippen molar-refractivity contribution in [2.24, 2.45) is 0 Å². The van der Waals surface area contributed by atoms with Crippen LogP contribution in [0.2, 0.25) is 0 Å². The third-order valence-corrected chi connectivity index (χ3v) is 5.91. The number of rotatable bonds is 6. The van der Waals surface area contributed by atoms with E-state index in [0.717, 1.165) is 22.9 Å². The van der Waals surface area contributed by atoms with Gasteiger partial charge >= 0.3 is 0 Å². The molecule has 0 aliphatic carbocycles. The highest BCUT2D eigenvalue weighted by atomic mass is 19.1. The van der Waals surface area contributed by atoms with Gasteiger partial charge in [-0.15, -0.1) is 0 Å². The van der Waals surface area contributed by atoms with Gasteiger partial charge in [0.25, 0.3) is 5.91 Å². The van der Waals surface area contributed by atoms with Crippen LogP contribution in [0, 0.1) is 5.82 Å². The summed E-state index contributed by atoms with van der Waals surface area (Å²) in [6.07, 6.45) is 4.04. The van der Waals surface area contributed by atoms with Gasteiger partial charge in [0.1, 0.15) is 11.6 Å². The van der Waals surface area contributed by atoms with Crippen LogP contribution in [-0.2, 0) is 17.8 Å². The van der Waals surface area contributed by atoms with Crippen LogP contribution in [0.1, 0.15) is 46.8 Å². The van der Waals surface area contributed by atoms with Gasteiger partial charge < -0.3 is 19.8 Å². The lowest BCUT2D eigenvalue weighted by Crippen LogP contribution is -2.36. The maximum Gasteiger partial charge on any atom is 0.257 e. The number of fused-ring (bicyclic) bond motifs is 1. The van der Waals surface area contributed by atoms with Crippen molar-refractivity contribution in [3.05, 3.63) is 70.6 Å². The smallest absolute Gasteiger partial charge is 0.257 e. The van der Waals surface area contributed by atoms with Crippen molar-refractivity contribution in [2.45, 2.75) is 32.7 Å². The summed E-state index contributed by atoms with van der Waals surface area (Å²) in [6.45, 7) is 5.22. The maximum absolute atomic E-state index is 14.2. The molecule has 0 fully saturated rings. The molecule has 2 amide bonds. The van der Waals surface area contributed by atoms with Crippen LogP contribution >= 0.6 is 0 Å². The number of aromatic hydroxyl groups is 1. The van der Waals surface area contributed by atoms with E-state index >= 15 is 0 Å². The molecule has 0 atom stereocenters. The number of amides is 2. The summed E-state index contributed by atoms with van der Waals surface area (Å²) in [7, 11) is 5.59. The fourth-order valence-electron chi connectivity index (χ4n) is 3.89. The molecular formula is C26H32FN3O3. The first-order valence-electron chi connectivity index (χ1n) is 11.1. The molecule has 1 N–H and O–H groups in total. The standard InChI is InChI=1S/C26H32FN3O3/c1-17(2)21-14-22(24(31)15-23(21)27)26(33)30-12-10-18-8-9-20(13-19(18)16-30)29(5)25(32)7-6-11-28(3)4/h6-9,13-15,17,31H,10-12,16H2,1-5H3/b7-6+. The number of phenolic OH excluding ortho intramolecular Hbond substituents is 1. The normalized spacial score (nSPS) is 13.6. The average molecular weight is 454 g/mol. The average Bonchev–Trinajstić information content (AvgIpc) is 2.76. The SMILES string of the molecule is CC(C)c1cc(C(=O)N2CCc3ccc(N(C)C(=O)/C=C/CN(C)C)cc3C2)c(O)cc1F. The van der Waals surface area contributed by atoms with Gasteiger partial charge in [-0.05, 0) is 61.3 Å². The lowest BCUT2D eigenvalue weighted by molar-refractivity contribution is -0.113. The Bertz CT molecular complexity index is 1080. The quantitative estimate of drug-likeness (QED) is 0.673. The Morgan fingerprint density at radius 3 is 2.55 bits per heavy atom. The number of anilines is 1. The first-order valence-corrected chi connectivity index (χ1v) is 11.1. The van der Waals surface area contributed by atoms with Crippen LogP contribution < -0.4 is 4.90 Å². The van der Waals surface area contributed by atoms with Crippen molar-refractivity contribution in [1.82, 2.24) is 9.80 Å². The number of benzene rings is 2. The zero-order valence-electron chi connectivity index (χ0n) is 19.9. The Labute approximate surface area is 194 Å². The number of hydrogen-bond donors (Lipinski definition) is 1. The van der Waals surface area contributed by atoms with Gasteiger partial charge in [-0.25, -0.2) is 4.39 Å². The monoisotopic (exact) mass is 453 g/mol. The Hall–Kier alpha value is -3.19. The Balaban J connectivity index is 1.80. The Kier molecular flexibility index (Phi) is 7.53. The van der Waals surface area contributed by atoms with E-state index < -0.39 is 5.82 Å². The van der Waals surface area contributed by atoms with Crippen molar-refractivity contribution in [1.29, 1.82) is 0 Å². The van der Waals surface area contributed by atoms with Crippen molar-refractivity contribution in [2.75, 3.05) is 39.1 Å². The van der Waals surface area contributed by atoms with Gasteiger partial charge in [0, 0.05) is 44.5 Å². The van der Waals surface area contributed by atoms with E-state index in [1.165, 1.54) is 6.07 Å². The molecule has 3 rings (SSSR count). The Morgan fingerprint density at radius 1 is 1.15 bits per heavy atom. The molecule has 1 heterocycles. The number of halogens is 1. The third kappa shape index (κ3) is 5.60. The molecule has 176 valence electrons. The van der Waals surface area contributed by atoms with Crippen molar-refractivity contribution in [3.8, 4) is 5.75 Å². The Morgan fingerprint density at radius 2 is 1.88 bits per heavy atom. The largest absolute Gasteiger partial charge is 0.507 e. The van der Waals surface area contributed by atoms with Gasteiger partial charge in [0.15, 0.2) is 0 Å². The van der Waals surface area contributed by atoms with Gasteiger partial charge in [0.05, 0.1) is 5.56 Å². The molecule has 33 heavy (non-hydrogen) atoms. The summed E-state index contributed by atoms with van der Waals surface area (Å²) in [6, 6.07) is 8.30. The van der Waals surface area contributed by atoms with Crippen LogP contribution in [0.15, 0.2) is 42.5 Å². The van der Waals surface area contributed by atoms with E-state index in [1.807, 2.05) is 57.1 Å². The second-order valence-corrected chi connectivity index (χ2v) is 9.04. The minimum Gasteiger partial charge on any atom is -0.507 e. The highest BCUT2D eigenvalue weighted by Gasteiger charge is 2.26. The lowest BCUT2D eigenvalue weighted by atomic mass is 9.96. The highest BCUT2D eigenvalue weighted by Crippen LogP contribution is 2.30. The zero-order chi connectivity index (χ0) is 24.3. The minimum absolute atomic E-state index is 0.109. The first-order chi connectivity index (χ1) is 15.6. The van der Waals surface area contributed by atoms with Crippen LogP contribution in [0.5, 0.6) is 5.75 Å². The minimum atomic E-state index is -0.514. The third-order valence-electron chi connectivity index (χ3n) is 5.91. The van der Waals surface area contributed by atoms with E-state index in [9.17, 15) is 19.1 Å². The number of likely N-dealkylation sites (N-methyl/N-ethyl adjacent to an activating group) is 2. The van der Waals surface area contributed by atoms with E-state index in [1.54, 1.807) is 22.9 Å². The van der Waals surface area contributed by atoms with E-state index in [-0.39, 0.29) is 29.0 Å². The number of hydrogen-bond acceptors (Lipinski definition) is 4. The van der Waals surface area contributed by atoms with Crippen molar-refractivity contribution < 1.29 is 19.1 Å². The van der Waals surface area contributed by atoms with E-state index in [2.05, 4.69) is 0 Å².